The number of hydrogen-bond acceptors (Lipinski definition) is 2. The highest BCUT2D eigenvalue weighted by Crippen LogP contribution is 2.32. The van der Waals surface area contributed by atoms with E-state index in [2.05, 4.69) is 15.9 Å². The zero-order chi connectivity index (χ0) is 14.4. The Labute approximate surface area is 126 Å². The van der Waals surface area contributed by atoms with Gasteiger partial charge in [-0.25, -0.2) is 4.39 Å². The van der Waals surface area contributed by atoms with Crippen molar-refractivity contribution in [1.82, 2.24) is 0 Å². The quantitative estimate of drug-likeness (QED) is 0.743. The van der Waals surface area contributed by atoms with Crippen LogP contribution in [0.15, 0.2) is 53.5 Å². The maximum absolute atomic E-state index is 13.4. The number of methoxy groups -OCH3 is 1. The van der Waals surface area contributed by atoms with Gasteiger partial charge in [0.1, 0.15) is 11.6 Å². The Balaban J connectivity index is 2.44. The van der Waals surface area contributed by atoms with Crippen molar-refractivity contribution in [2.75, 3.05) is 13.9 Å². The minimum atomic E-state index is -0.346. The molecule has 0 heterocycles. The summed E-state index contributed by atoms with van der Waals surface area (Å²) < 4.78 is 23.7. The molecule has 2 aromatic rings. The Bertz CT molecular complexity index is 597. The molecule has 0 radical (unpaired) electrons. The molecule has 104 valence electrons. The molecular formula is C16H14BrFO2. The van der Waals surface area contributed by atoms with Crippen LogP contribution in [0.2, 0.25) is 0 Å². The van der Waals surface area contributed by atoms with Crippen molar-refractivity contribution >= 4 is 21.5 Å². The summed E-state index contributed by atoms with van der Waals surface area (Å²) in [5, 5.41) is 0. The molecule has 0 aliphatic carbocycles. The first kappa shape index (κ1) is 14.8. The van der Waals surface area contributed by atoms with Gasteiger partial charge in [0.25, 0.3) is 0 Å². The molecule has 2 aromatic carbocycles. The summed E-state index contributed by atoms with van der Waals surface area (Å²) in [5.74, 6) is 0.100. The number of rotatable bonds is 5. The van der Waals surface area contributed by atoms with Gasteiger partial charge in [-0.2, -0.15) is 0 Å². The topological polar surface area (TPSA) is 18.5 Å². The van der Waals surface area contributed by atoms with Gasteiger partial charge in [-0.1, -0.05) is 46.3 Å². The summed E-state index contributed by atoms with van der Waals surface area (Å²) in [6.45, 7) is 0.0702. The number of benzene rings is 2. The van der Waals surface area contributed by atoms with Crippen molar-refractivity contribution in [3.05, 3.63) is 70.5 Å². The molecule has 0 atom stereocenters. The smallest absolute Gasteiger partial charge is 0.188 e. The lowest BCUT2D eigenvalue weighted by molar-refractivity contribution is 0.0507. The number of ether oxygens (including phenoxy) is 2. The zero-order valence-electron chi connectivity index (χ0n) is 11.0. The van der Waals surface area contributed by atoms with E-state index in [0.717, 1.165) is 16.7 Å². The van der Waals surface area contributed by atoms with Gasteiger partial charge >= 0.3 is 0 Å². The van der Waals surface area contributed by atoms with E-state index in [-0.39, 0.29) is 12.6 Å². The highest BCUT2D eigenvalue weighted by molar-refractivity contribution is 9.11. The van der Waals surface area contributed by atoms with Crippen LogP contribution in [0, 0.1) is 5.82 Å². The van der Waals surface area contributed by atoms with Gasteiger partial charge in [0, 0.05) is 18.7 Å². The van der Waals surface area contributed by atoms with E-state index in [4.69, 9.17) is 9.47 Å². The Hall–Kier alpha value is -1.65. The Morgan fingerprint density at radius 1 is 1.20 bits per heavy atom. The Kier molecular flexibility index (Phi) is 5.32. The van der Waals surface area contributed by atoms with Gasteiger partial charge in [0.15, 0.2) is 6.79 Å². The van der Waals surface area contributed by atoms with Crippen LogP contribution >= 0.6 is 15.9 Å². The maximum atomic E-state index is 13.4. The molecule has 20 heavy (non-hydrogen) atoms. The lowest BCUT2D eigenvalue weighted by Crippen LogP contribution is -2.02. The van der Waals surface area contributed by atoms with Crippen LogP contribution in [0.3, 0.4) is 0 Å². The zero-order valence-corrected chi connectivity index (χ0v) is 12.6. The predicted molar refractivity (Wildman–Crippen MR) is 81.4 cm³/mol. The third-order valence-electron chi connectivity index (χ3n) is 2.76. The number of hydrogen-bond donors (Lipinski definition) is 0. The maximum Gasteiger partial charge on any atom is 0.188 e. The largest absolute Gasteiger partial charge is 0.467 e. The number of halogens is 2. The summed E-state index contributed by atoms with van der Waals surface area (Å²) in [4.78, 5) is 1.80. The van der Waals surface area contributed by atoms with Gasteiger partial charge in [-0.3, -0.25) is 0 Å². The van der Waals surface area contributed by atoms with E-state index in [0.29, 0.717) is 5.75 Å². The van der Waals surface area contributed by atoms with E-state index in [1.165, 1.54) is 19.2 Å². The molecule has 2 rings (SSSR count). The monoisotopic (exact) mass is 336 g/mol. The first-order chi connectivity index (χ1) is 9.76. The highest BCUT2D eigenvalue weighted by Gasteiger charge is 2.12. The minimum Gasteiger partial charge on any atom is -0.467 e. The molecule has 4 heteroatoms. The molecule has 0 aromatic heterocycles. The average molecular weight is 337 g/mol. The summed E-state index contributed by atoms with van der Waals surface area (Å²) in [6.07, 6.45) is 0. The van der Waals surface area contributed by atoms with Crippen molar-refractivity contribution in [3.8, 4) is 5.75 Å². The Morgan fingerprint density at radius 2 is 1.95 bits per heavy atom. The molecule has 0 unspecified atom stereocenters. The summed E-state index contributed by atoms with van der Waals surface area (Å²) in [6, 6.07) is 14.3. The molecule has 2 nitrogen and oxygen atoms in total. The van der Waals surface area contributed by atoms with Crippen molar-refractivity contribution in [2.24, 2.45) is 0 Å². The second-order valence-corrected chi connectivity index (χ2v) is 4.54. The van der Waals surface area contributed by atoms with Crippen LogP contribution < -0.4 is 4.74 Å². The molecule has 0 N–H and O–H groups in total. The van der Waals surface area contributed by atoms with E-state index in [1.54, 1.807) is 11.1 Å². The third-order valence-corrected chi connectivity index (χ3v) is 3.22. The fourth-order valence-electron chi connectivity index (χ4n) is 1.86. The van der Waals surface area contributed by atoms with Crippen LogP contribution in [-0.2, 0) is 4.74 Å². The van der Waals surface area contributed by atoms with Crippen molar-refractivity contribution in [3.63, 3.8) is 0 Å². The first-order valence-electron chi connectivity index (χ1n) is 6.03. The normalized spacial score (nSPS) is 11.4. The SMILES string of the molecule is COCOc1cc(F)ccc1/C(=C/Br)c1ccccc1. The lowest BCUT2D eigenvalue weighted by Gasteiger charge is -2.13. The van der Waals surface area contributed by atoms with E-state index in [9.17, 15) is 4.39 Å². The molecule has 0 spiro atoms. The molecule has 0 saturated carbocycles. The van der Waals surface area contributed by atoms with E-state index >= 15 is 0 Å². The molecule has 0 aliphatic heterocycles. The van der Waals surface area contributed by atoms with Gasteiger partial charge in [-0.15, -0.1) is 0 Å². The van der Waals surface area contributed by atoms with E-state index in [1.807, 2.05) is 30.3 Å². The van der Waals surface area contributed by atoms with Crippen LogP contribution in [0.5, 0.6) is 5.75 Å². The molecule has 0 bridgehead atoms. The van der Waals surface area contributed by atoms with Crippen molar-refractivity contribution in [1.29, 1.82) is 0 Å². The van der Waals surface area contributed by atoms with Crippen LogP contribution in [0.1, 0.15) is 11.1 Å². The third kappa shape index (κ3) is 3.46. The Morgan fingerprint density at radius 3 is 2.60 bits per heavy atom. The minimum absolute atomic E-state index is 0.0702. The first-order valence-corrected chi connectivity index (χ1v) is 6.95. The van der Waals surface area contributed by atoms with Gasteiger partial charge < -0.3 is 9.47 Å². The highest BCUT2D eigenvalue weighted by atomic mass is 79.9. The molecule has 0 amide bonds. The second kappa shape index (κ2) is 7.22. The molecule has 0 aliphatic rings. The van der Waals surface area contributed by atoms with Gasteiger partial charge in [-0.05, 0) is 28.3 Å². The standard InChI is InChI=1S/C16H14BrFO2/c1-19-11-20-16-9-13(18)7-8-14(16)15(10-17)12-5-3-2-4-6-12/h2-10H,11H2,1H3/b15-10+. The van der Waals surface area contributed by atoms with Crippen LogP contribution in [-0.4, -0.2) is 13.9 Å². The van der Waals surface area contributed by atoms with E-state index < -0.39 is 0 Å². The summed E-state index contributed by atoms with van der Waals surface area (Å²) in [5.41, 5.74) is 2.72. The van der Waals surface area contributed by atoms with Crippen molar-refractivity contribution < 1.29 is 13.9 Å². The van der Waals surface area contributed by atoms with Gasteiger partial charge in [0.2, 0.25) is 0 Å². The van der Waals surface area contributed by atoms with Crippen LogP contribution in [0.4, 0.5) is 4.39 Å². The fraction of sp³-hybridized carbons (Fsp3) is 0.125. The predicted octanol–water partition coefficient (Wildman–Crippen LogP) is 4.59. The second-order valence-electron chi connectivity index (χ2n) is 4.08. The summed E-state index contributed by atoms with van der Waals surface area (Å²) >= 11 is 3.37. The summed E-state index contributed by atoms with van der Waals surface area (Å²) in [7, 11) is 1.53. The lowest BCUT2D eigenvalue weighted by atomic mass is 9.99. The molecule has 0 fully saturated rings. The molecular weight excluding hydrogens is 323 g/mol. The molecule has 0 saturated heterocycles. The average Bonchev–Trinajstić information content (AvgIpc) is 2.49. The fourth-order valence-corrected chi connectivity index (χ4v) is 2.37. The van der Waals surface area contributed by atoms with Crippen LogP contribution in [0.25, 0.3) is 5.57 Å². The van der Waals surface area contributed by atoms with Crippen molar-refractivity contribution in [2.45, 2.75) is 0 Å². The van der Waals surface area contributed by atoms with Gasteiger partial charge in [0.05, 0.1) is 0 Å².